The highest BCUT2D eigenvalue weighted by atomic mass is 32.1. The van der Waals surface area contributed by atoms with Crippen molar-refractivity contribution in [3.8, 4) is 6.07 Å². The van der Waals surface area contributed by atoms with Gasteiger partial charge in [-0.3, -0.25) is 9.59 Å². The molecule has 0 atom stereocenters. The molecule has 1 N–H and O–H groups in total. The van der Waals surface area contributed by atoms with Crippen LogP contribution in [0.1, 0.15) is 45.8 Å². The average molecular weight is 366 g/mol. The van der Waals surface area contributed by atoms with Crippen LogP contribution < -0.4 is 5.32 Å². The van der Waals surface area contributed by atoms with E-state index in [9.17, 15) is 9.59 Å². The normalized spacial score (nSPS) is 16.3. The van der Waals surface area contributed by atoms with Crippen molar-refractivity contribution in [1.29, 1.82) is 5.26 Å². The van der Waals surface area contributed by atoms with E-state index in [2.05, 4.69) is 16.4 Å². The first-order valence-electron chi connectivity index (χ1n) is 8.73. The van der Waals surface area contributed by atoms with Gasteiger partial charge in [0.25, 0.3) is 5.91 Å². The van der Waals surface area contributed by atoms with Crippen molar-refractivity contribution in [1.82, 2.24) is 9.88 Å². The molecule has 1 aliphatic heterocycles. The fourth-order valence-electron chi connectivity index (χ4n) is 3.17. The Morgan fingerprint density at radius 3 is 2.69 bits per heavy atom. The predicted molar refractivity (Wildman–Crippen MR) is 97.7 cm³/mol. The molecule has 7 heteroatoms. The third kappa shape index (κ3) is 3.20. The standard InChI is InChI=1S/C19H18N4O2S/c20-10-12-4-6-14(7-5-12)18(25)23-9-8-15-16(11-23)26-19(21-15)22-17(24)13-2-1-3-13/h4-7,13H,1-3,8-9,11H2,(H,21,22,24). The molecule has 2 heterocycles. The van der Waals surface area contributed by atoms with E-state index in [1.807, 2.05) is 0 Å². The number of carbonyl (C=O) groups is 2. The summed E-state index contributed by atoms with van der Waals surface area (Å²) in [5.41, 5.74) is 2.09. The number of hydrogen-bond donors (Lipinski definition) is 1. The first kappa shape index (κ1) is 16.7. The van der Waals surface area contributed by atoms with Crippen LogP contribution in [0.4, 0.5) is 5.13 Å². The molecule has 0 unspecified atom stereocenters. The summed E-state index contributed by atoms with van der Waals surface area (Å²) in [5, 5.41) is 12.4. The molecule has 26 heavy (non-hydrogen) atoms. The highest BCUT2D eigenvalue weighted by molar-refractivity contribution is 7.15. The largest absolute Gasteiger partial charge is 0.333 e. The van der Waals surface area contributed by atoms with Crippen LogP contribution in [0, 0.1) is 17.2 Å². The van der Waals surface area contributed by atoms with Gasteiger partial charge in [-0.15, -0.1) is 0 Å². The molecule has 0 radical (unpaired) electrons. The molecule has 2 aromatic rings. The Hall–Kier alpha value is -2.72. The van der Waals surface area contributed by atoms with Gasteiger partial charge in [-0.25, -0.2) is 4.98 Å². The fraction of sp³-hybridized carbons (Fsp3) is 0.368. The van der Waals surface area contributed by atoms with Crippen LogP contribution in [0.15, 0.2) is 24.3 Å². The fourth-order valence-corrected chi connectivity index (χ4v) is 4.20. The maximum atomic E-state index is 12.7. The predicted octanol–water partition coefficient (Wildman–Crippen LogP) is 2.95. The monoisotopic (exact) mass is 366 g/mol. The number of nitriles is 1. The number of anilines is 1. The maximum Gasteiger partial charge on any atom is 0.254 e. The molecule has 132 valence electrons. The minimum atomic E-state index is -0.0476. The lowest BCUT2D eigenvalue weighted by atomic mass is 9.85. The maximum absolute atomic E-state index is 12.7. The Labute approximate surface area is 155 Å². The number of aromatic nitrogens is 1. The molecule has 1 fully saturated rings. The summed E-state index contributed by atoms with van der Waals surface area (Å²) in [7, 11) is 0. The Kier molecular flexibility index (Phi) is 4.43. The highest BCUT2D eigenvalue weighted by Gasteiger charge is 2.28. The Balaban J connectivity index is 1.44. The van der Waals surface area contributed by atoms with E-state index in [4.69, 9.17) is 5.26 Å². The SMILES string of the molecule is N#Cc1ccc(C(=O)N2CCc3nc(NC(=O)C4CCC4)sc3C2)cc1. The van der Waals surface area contributed by atoms with Crippen LogP contribution in [-0.4, -0.2) is 28.2 Å². The van der Waals surface area contributed by atoms with Crippen molar-refractivity contribution in [2.45, 2.75) is 32.2 Å². The van der Waals surface area contributed by atoms with Gasteiger partial charge in [-0.2, -0.15) is 5.26 Å². The number of nitrogens with zero attached hydrogens (tertiary/aromatic N) is 3. The summed E-state index contributed by atoms with van der Waals surface area (Å²) in [6, 6.07) is 8.74. The van der Waals surface area contributed by atoms with Gasteiger partial charge in [-0.1, -0.05) is 17.8 Å². The van der Waals surface area contributed by atoms with E-state index in [1.54, 1.807) is 29.2 Å². The minimum absolute atomic E-state index is 0.0476. The lowest BCUT2D eigenvalue weighted by molar-refractivity contribution is -0.122. The molecule has 1 saturated carbocycles. The number of benzene rings is 1. The van der Waals surface area contributed by atoms with Gasteiger partial charge in [0, 0.05) is 29.3 Å². The van der Waals surface area contributed by atoms with Gasteiger partial charge in [-0.05, 0) is 37.1 Å². The molecule has 4 rings (SSSR count). The molecule has 1 aliphatic carbocycles. The lowest BCUT2D eigenvalue weighted by Crippen LogP contribution is -2.35. The van der Waals surface area contributed by atoms with Crippen molar-refractivity contribution in [3.63, 3.8) is 0 Å². The van der Waals surface area contributed by atoms with Crippen molar-refractivity contribution in [3.05, 3.63) is 46.0 Å². The second-order valence-electron chi connectivity index (χ2n) is 6.67. The number of thiazole rings is 1. The first-order chi connectivity index (χ1) is 12.6. The van der Waals surface area contributed by atoms with Crippen molar-refractivity contribution < 1.29 is 9.59 Å². The third-order valence-corrected chi connectivity index (χ3v) is 5.98. The molecule has 6 nitrogen and oxygen atoms in total. The Morgan fingerprint density at radius 2 is 2.04 bits per heavy atom. The number of hydrogen-bond acceptors (Lipinski definition) is 5. The zero-order chi connectivity index (χ0) is 18.1. The number of carbonyl (C=O) groups excluding carboxylic acids is 2. The van der Waals surface area contributed by atoms with E-state index in [0.717, 1.165) is 29.8 Å². The van der Waals surface area contributed by atoms with E-state index >= 15 is 0 Å². The molecule has 1 aromatic heterocycles. The van der Waals surface area contributed by atoms with Crippen molar-refractivity contribution in [2.75, 3.05) is 11.9 Å². The van der Waals surface area contributed by atoms with Crippen LogP contribution >= 0.6 is 11.3 Å². The molecule has 0 saturated heterocycles. The van der Waals surface area contributed by atoms with Crippen LogP contribution in [0.2, 0.25) is 0 Å². The second kappa shape index (κ2) is 6.89. The number of nitrogens with one attached hydrogen (secondary N) is 1. The third-order valence-electron chi connectivity index (χ3n) is 4.99. The van der Waals surface area contributed by atoms with Gasteiger partial charge in [0.2, 0.25) is 5.91 Å². The zero-order valence-corrected chi connectivity index (χ0v) is 15.0. The van der Waals surface area contributed by atoms with E-state index in [0.29, 0.717) is 35.8 Å². The van der Waals surface area contributed by atoms with Gasteiger partial charge >= 0.3 is 0 Å². The first-order valence-corrected chi connectivity index (χ1v) is 9.54. The molecule has 2 amide bonds. The summed E-state index contributed by atoms with van der Waals surface area (Å²) in [6.07, 6.45) is 3.74. The lowest BCUT2D eigenvalue weighted by Gasteiger charge is -2.26. The summed E-state index contributed by atoms with van der Waals surface area (Å²) in [6.45, 7) is 1.11. The number of fused-ring (bicyclic) bond motifs is 1. The number of rotatable bonds is 3. The van der Waals surface area contributed by atoms with Crippen LogP contribution in [0.25, 0.3) is 0 Å². The molecular weight excluding hydrogens is 348 g/mol. The Bertz CT molecular complexity index is 893. The average Bonchev–Trinajstić information content (AvgIpc) is 3.00. The van der Waals surface area contributed by atoms with Crippen LogP contribution in [-0.2, 0) is 17.8 Å². The second-order valence-corrected chi connectivity index (χ2v) is 7.76. The van der Waals surface area contributed by atoms with Gasteiger partial charge in [0.1, 0.15) is 0 Å². The highest BCUT2D eigenvalue weighted by Crippen LogP contribution is 2.31. The van der Waals surface area contributed by atoms with Gasteiger partial charge in [0.15, 0.2) is 5.13 Å². The molecule has 0 spiro atoms. The van der Waals surface area contributed by atoms with Crippen LogP contribution in [0.5, 0.6) is 0 Å². The topological polar surface area (TPSA) is 86.1 Å². The van der Waals surface area contributed by atoms with Crippen molar-refractivity contribution in [2.24, 2.45) is 5.92 Å². The van der Waals surface area contributed by atoms with E-state index in [1.165, 1.54) is 11.3 Å². The zero-order valence-electron chi connectivity index (χ0n) is 14.2. The molecular formula is C19H18N4O2S. The minimum Gasteiger partial charge on any atom is -0.333 e. The van der Waals surface area contributed by atoms with Crippen molar-refractivity contribution >= 4 is 28.3 Å². The molecule has 1 aromatic carbocycles. The van der Waals surface area contributed by atoms with E-state index < -0.39 is 0 Å². The summed E-state index contributed by atoms with van der Waals surface area (Å²) in [4.78, 5) is 32.1. The quantitative estimate of drug-likeness (QED) is 0.905. The van der Waals surface area contributed by atoms with Gasteiger partial charge in [0.05, 0.1) is 23.9 Å². The summed E-state index contributed by atoms with van der Waals surface area (Å²) in [5.74, 6) is 0.145. The summed E-state index contributed by atoms with van der Waals surface area (Å²) < 4.78 is 0. The molecule has 0 bridgehead atoms. The Morgan fingerprint density at radius 1 is 1.27 bits per heavy atom. The van der Waals surface area contributed by atoms with E-state index in [-0.39, 0.29) is 17.7 Å². The van der Waals surface area contributed by atoms with Crippen LogP contribution in [0.3, 0.4) is 0 Å². The number of amides is 2. The smallest absolute Gasteiger partial charge is 0.254 e. The molecule has 2 aliphatic rings. The summed E-state index contributed by atoms with van der Waals surface area (Å²) >= 11 is 1.46. The van der Waals surface area contributed by atoms with Gasteiger partial charge < -0.3 is 10.2 Å².